The molecule has 18 heavy (non-hydrogen) atoms. The molecule has 0 spiro atoms. The molecule has 0 aliphatic heterocycles. The first kappa shape index (κ1) is 12.8. The minimum Gasteiger partial charge on any atom is -0.497 e. The largest absolute Gasteiger partial charge is 0.497 e. The lowest BCUT2D eigenvalue weighted by atomic mass is 10.3. The average Bonchev–Trinajstić information content (AvgIpc) is 2.78. The quantitative estimate of drug-likeness (QED) is 0.780. The molecular weight excluding hydrogens is 250 g/mol. The number of methoxy groups -OCH3 is 1. The zero-order chi connectivity index (χ0) is 13.0. The first-order chi connectivity index (χ1) is 8.72. The van der Waals surface area contributed by atoms with Crippen molar-refractivity contribution in [3.8, 4) is 5.75 Å². The standard InChI is InChI=1S/C13H15NO3S/c1-3-17-13(15)7-6-12-14-10-5-4-9(16-2)8-11(10)18-12/h4-5,8H,3,6-7H2,1-2H3. The van der Waals surface area contributed by atoms with Crippen LogP contribution in [0.3, 0.4) is 0 Å². The zero-order valence-corrected chi connectivity index (χ0v) is 11.3. The Morgan fingerprint density at radius 1 is 1.44 bits per heavy atom. The first-order valence-electron chi connectivity index (χ1n) is 5.82. The molecule has 0 saturated heterocycles. The monoisotopic (exact) mass is 265 g/mol. The van der Waals surface area contributed by atoms with Gasteiger partial charge in [0.1, 0.15) is 5.75 Å². The number of hydrogen-bond donors (Lipinski definition) is 0. The van der Waals surface area contributed by atoms with E-state index < -0.39 is 0 Å². The van der Waals surface area contributed by atoms with Crippen molar-refractivity contribution in [2.24, 2.45) is 0 Å². The Labute approximate surface area is 110 Å². The van der Waals surface area contributed by atoms with Crippen LogP contribution in [0, 0.1) is 0 Å². The Morgan fingerprint density at radius 2 is 2.28 bits per heavy atom. The fourth-order valence-electron chi connectivity index (χ4n) is 1.63. The summed E-state index contributed by atoms with van der Waals surface area (Å²) in [4.78, 5) is 15.7. The number of carbonyl (C=O) groups excluding carboxylic acids is 1. The maximum atomic E-state index is 11.3. The van der Waals surface area contributed by atoms with E-state index in [2.05, 4.69) is 4.98 Å². The topological polar surface area (TPSA) is 48.4 Å². The van der Waals surface area contributed by atoms with Crippen LogP contribution >= 0.6 is 11.3 Å². The molecule has 96 valence electrons. The SMILES string of the molecule is CCOC(=O)CCc1nc2ccc(OC)cc2s1. The summed E-state index contributed by atoms with van der Waals surface area (Å²) >= 11 is 1.59. The van der Waals surface area contributed by atoms with E-state index >= 15 is 0 Å². The van der Waals surface area contributed by atoms with Gasteiger partial charge < -0.3 is 9.47 Å². The average molecular weight is 265 g/mol. The molecule has 0 N–H and O–H groups in total. The number of aromatic nitrogens is 1. The number of esters is 1. The van der Waals surface area contributed by atoms with Crippen LogP contribution in [0.1, 0.15) is 18.4 Å². The number of aryl methyl sites for hydroxylation is 1. The normalized spacial score (nSPS) is 10.6. The van der Waals surface area contributed by atoms with Crippen LogP contribution in [-0.2, 0) is 16.0 Å². The predicted octanol–water partition coefficient (Wildman–Crippen LogP) is 2.80. The summed E-state index contributed by atoms with van der Waals surface area (Å²) in [6.07, 6.45) is 1.01. The van der Waals surface area contributed by atoms with Crippen LogP contribution < -0.4 is 4.74 Å². The molecule has 1 heterocycles. The molecule has 4 nitrogen and oxygen atoms in total. The molecular formula is C13H15NO3S. The van der Waals surface area contributed by atoms with Crippen LogP contribution in [0.4, 0.5) is 0 Å². The molecule has 0 atom stereocenters. The van der Waals surface area contributed by atoms with E-state index in [0.29, 0.717) is 19.4 Å². The minimum atomic E-state index is -0.172. The van der Waals surface area contributed by atoms with Gasteiger partial charge in [-0.2, -0.15) is 0 Å². The summed E-state index contributed by atoms with van der Waals surface area (Å²) in [7, 11) is 1.64. The van der Waals surface area contributed by atoms with Crippen molar-refractivity contribution in [1.82, 2.24) is 4.98 Å². The van der Waals surface area contributed by atoms with Gasteiger partial charge in [-0.25, -0.2) is 4.98 Å². The van der Waals surface area contributed by atoms with E-state index in [9.17, 15) is 4.79 Å². The number of carbonyl (C=O) groups is 1. The number of thiazole rings is 1. The fourth-order valence-corrected chi connectivity index (χ4v) is 2.62. The van der Waals surface area contributed by atoms with Gasteiger partial charge in [0.05, 0.1) is 35.4 Å². The van der Waals surface area contributed by atoms with Crippen LogP contribution in [0.25, 0.3) is 10.2 Å². The van der Waals surface area contributed by atoms with Crippen LogP contribution in [0.15, 0.2) is 18.2 Å². The molecule has 1 aromatic heterocycles. The lowest BCUT2D eigenvalue weighted by Gasteiger charge is -1.98. The summed E-state index contributed by atoms with van der Waals surface area (Å²) in [6.45, 7) is 2.23. The zero-order valence-electron chi connectivity index (χ0n) is 10.4. The van der Waals surface area contributed by atoms with E-state index in [4.69, 9.17) is 9.47 Å². The van der Waals surface area contributed by atoms with Gasteiger partial charge in [0.15, 0.2) is 0 Å². The molecule has 0 fully saturated rings. The summed E-state index contributed by atoms with van der Waals surface area (Å²) in [6, 6.07) is 5.77. The van der Waals surface area contributed by atoms with Crippen molar-refractivity contribution in [1.29, 1.82) is 0 Å². The third-order valence-corrected chi connectivity index (χ3v) is 3.57. The third kappa shape index (κ3) is 2.98. The number of hydrogen-bond acceptors (Lipinski definition) is 5. The van der Waals surface area contributed by atoms with Gasteiger partial charge in [-0.15, -0.1) is 11.3 Å². The number of ether oxygens (including phenoxy) is 2. The van der Waals surface area contributed by atoms with Crippen molar-refractivity contribution < 1.29 is 14.3 Å². The smallest absolute Gasteiger partial charge is 0.306 e. The number of benzene rings is 1. The molecule has 2 rings (SSSR count). The molecule has 5 heteroatoms. The van der Waals surface area contributed by atoms with Crippen molar-refractivity contribution in [2.45, 2.75) is 19.8 Å². The molecule has 0 aliphatic carbocycles. The predicted molar refractivity (Wildman–Crippen MR) is 71.1 cm³/mol. The molecule has 0 amide bonds. The fraction of sp³-hybridized carbons (Fsp3) is 0.385. The van der Waals surface area contributed by atoms with E-state index in [1.165, 1.54) is 0 Å². The maximum Gasteiger partial charge on any atom is 0.306 e. The third-order valence-electron chi connectivity index (χ3n) is 2.49. The second kappa shape index (κ2) is 5.82. The second-order valence-corrected chi connectivity index (χ2v) is 4.86. The van der Waals surface area contributed by atoms with Gasteiger partial charge in [0.2, 0.25) is 0 Å². The van der Waals surface area contributed by atoms with Crippen molar-refractivity contribution in [3.63, 3.8) is 0 Å². The summed E-state index contributed by atoms with van der Waals surface area (Å²) < 4.78 is 11.1. The Hall–Kier alpha value is -1.62. The molecule has 0 aliphatic rings. The van der Waals surface area contributed by atoms with E-state index in [1.54, 1.807) is 18.4 Å². The molecule has 0 bridgehead atoms. The van der Waals surface area contributed by atoms with Crippen molar-refractivity contribution >= 4 is 27.5 Å². The summed E-state index contributed by atoms with van der Waals surface area (Å²) in [5.41, 5.74) is 0.944. The summed E-state index contributed by atoms with van der Waals surface area (Å²) in [5, 5.41) is 0.950. The van der Waals surface area contributed by atoms with Gasteiger partial charge in [0.25, 0.3) is 0 Å². The first-order valence-corrected chi connectivity index (χ1v) is 6.63. The van der Waals surface area contributed by atoms with E-state index in [1.807, 2.05) is 25.1 Å². The highest BCUT2D eigenvalue weighted by molar-refractivity contribution is 7.18. The molecule has 1 aromatic carbocycles. The highest BCUT2D eigenvalue weighted by Gasteiger charge is 2.08. The molecule has 0 radical (unpaired) electrons. The van der Waals surface area contributed by atoms with Crippen LogP contribution in [0.5, 0.6) is 5.75 Å². The lowest BCUT2D eigenvalue weighted by Crippen LogP contribution is -2.04. The minimum absolute atomic E-state index is 0.172. The Kier molecular flexibility index (Phi) is 4.15. The second-order valence-electron chi connectivity index (χ2n) is 3.75. The highest BCUT2D eigenvalue weighted by Crippen LogP contribution is 2.26. The lowest BCUT2D eigenvalue weighted by molar-refractivity contribution is -0.143. The van der Waals surface area contributed by atoms with Gasteiger partial charge in [-0.05, 0) is 25.1 Å². The van der Waals surface area contributed by atoms with Crippen molar-refractivity contribution in [2.75, 3.05) is 13.7 Å². The Bertz CT molecular complexity index is 550. The van der Waals surface area contributed by atoms with Gasteiger partial charge in [-0.1, -0.05) is 0 Å². The Morgan fingerprint density at radius 3 is 3.00 bits per heavy atom. The highest BCUT2D eigenvalue weighted by atomic mass is 32.1. The number of rotatable bonds is 5. The van der Waals surface area contributed by atoms with E-state index in [-0.39, 0.29) is 5.97 Å². The van der Waals surface area contributed by atoms with Crippen LogP contribution in [-0.4, -0.2) is 24.7 Å². The number of nitrogens with zero attached hydrogens (tertiary/aromatic N) is 1. The summed E-state index contributed by atoms with van der Waals surface area (Å²) in [5.74, 6) is 0.650. The Balaban J connectivity index is 2.08. The molecule has 0 saturated carbocycles. The maximum absolute atomic E-state index is 11.3. The van der Waals surface area contributed by atoms with Gasteiger partial charge in [-0.3, -0.25) is 4.79 Å². The number of fused-ring (bicyclic) bond motifs is 1. The van der Waals surface area contributed by atoms with Crippen LogP contribution in [0.2, 0.25) is 0 Å². The van der Waals surface area contributed by atoms with Crippen molar-refractivity contribution in [3.05, 3.63) is 23.2 Å². The van der Waals surface area contributed by atoms with Gasteiger partial charge >= 0.3 is 5.97 Å². The molecule has 2 aromatic rings. The molecule has 0 unspecified atom stereocenters. The van der Waals surface area contributed by atoms with E-state index in [0.717, 1.165) is 21.0 Å². The van der Waals surface area contributed by atoms with Gasteiger partial charge in [0, 0.05) is 6.42 Å².